The number of carbonyl (C=O) groups excluding carboxylic acids is 1. The molecule has 0 bridgehead atoms. The van der Waals surface area contributed by atoms with Crippen LogP contribution in [0, 0.1) is 6.92 Å². The number of carbonyl (C=O) groups is 2. The van der Waals surface area contributed by atoms with Crippen LogP contribution in [0.1, 0.15) is 22.5 Å². The molecule has 6 heteroatoms. The summed E-state index contributed by atoms with van der Waals surface area (Å²) in [5.74, 6) is -1.85. The van der Waals surface area contributed by atoms with E-state index in [9.17, 15) is 14.0 Å². The molecule has 0 aliphatic carbocycles. The number of aryl methyl sites for hydroxylation is 1. The third-order valence-corrected chi connectivity index (χ3v) is 2.95. The normalized spacial score (nSPS) is 24.0. The van der Waals surface area contributed by atoms with E-state index in [-0.39, 0.29) is 18.7 Å². The van der Waals surface area contributed by atoms with E-state index in [0.29, 0.717) is 5.56 Å². The highest BCUT2D eigenvalue weighted by molar-refractivity contribution is 5.94. The van der Waals surface area contributed by atoms with E-state index in [4.69, 9.17) is 9.52 Å². The van der Waals surface area contributed by atoms with E-state index in [1.807, 2.05) is 0 Å². The van der Waals surface area contributed by atoms with Crippen molar-refractivity contribution in [2.45, 2.75) is 19.0 Å². The Morgan fingerprint density at radius 3 is 2.76 bits per heavy atom. The molecule has 1 N–H and O–H groups in total. The molecule has 1 atom stereocenters. The summed E-state index contributed by atoms with van der Waals surface area (Å²) in [4.78, 5) is 23.8. The average molecular weight is 241 g/mol. The molecular weight excluding hydrogens is 229 g/mol. The van der Waals surface area contributed by atoms with Crippen LogP contribution in [0.4, 0.5) is 4.39 Å². The van der Waals surface area contributed by atoms with Crippen molar-refractivity contribution < 1.29 is 23.5 Å². The smallest absolute Gasteiger partial charge is 0.343 e. The van der Waals surface area contributed by atoms with Gasteiger partial charge in [-0.1, -0.05) is 0 Å². The first-order chi connectivity index (χ1) is 7.94. The van der Waals surface area contributed by atoms with E-state index >= 15 is 0 Å². The summed E-state index contributed by atoms with van der Waals surface area (Å²) in [5, 5.41) is 8.72. The third kappa shape index (κ3) is 1.90. The number of hydrogen-bond acceptors (Lipinski definition) is 3. The van der Waals surface area contributed by atoms with Crippen LogP contribution < -0.4 is 0 Å². The molecule has 1 aliphatic heterocycles. The van der Waals surface area contributed by atoms with Crippen LogP contribution >= 0.6 is 0 Å². The van der Waals surface area contributed by atoms with Crippen molar-refractivity contribution >= 4 is 11.9 Å². The number of halogens is 1. The number of aliphatic carboxylic acids is 1. The minimum atomic E-state index is -2.34. The second-order valence-corrected chi connectivity index (χ2v) is 4.18. The molecule has 92 valence electrons. The zero-order valence-corrected chi connectivity index (χ0v) is 9.27. The van der Waals surface area contributed by atoms with Crippen LogP contribution in [0.2, 0.25) is 0 Å². The lowest BCUT2D eigenvalue weighted by molar-refractivity contribution is -0.149. The largest absolute Gasteiger partial charge is 0.479 e. The summed E-state index contributed by atoms with van der Waals surface area (Å²) in [6.45, 7) is 1.36. The van der Waals surface area contributed by atoms with Crippen LogP contribution in [0.5, 0.6) is 0 Å². The number of furan rings is 1. The zero-order valence-electron chi connectivity index (χ0n) is 9.27. The topological polar surface area (TPSA) is 70.8 Å². The summed E-state index contributed by atoms with van der Waals surface area (Å²) >= 11 is 0. The molecule has 0 aromatic carbocycles. The van der Waals surface area contributed by atoms with Crippen molar-refractivity contribution in [2.75, 3.05) is 13.1 Å². The standard InChI is InChI=1S/C11H12FNO4/c1-7-2-5-17-8(7)9(14)13-4-3-11(12,6-13)10(15)16/h2,5H,3-4,6H2,1H3,(H,15,16). The molecule has 0 saturated carbocycles. The van der Waals surface area contributed by atoms with Gasteiger partial charge < -0.3 is 14.4 Å². The molecule has 2 heterocycles. The lowest BCUT2D eigenvalue weighted by atomic mass is 10.1. The minimum Gasteiger partial charge on any atom is -0.479 e. The van der Waals surface area contributed by atoms with E-state index in [0.717, 1.165) is 0 Å². The molecule has 5 nitrogen and oxygen atoms in total. The Morgan fingerprint density at radius 2 is 2.29 bits per heavy atom. The van der Waals surface area contributed by atoms with Crippen molar-refractivity contribution in [1.29, 1.82) is 0 Å². The second kappa shape index (κ2) is 3.87. The molecule has 1 unspecified atom stereocenters. The van der Waals surface area contributed by atoms with Gasteiger partial charge in [0.25, 0.3) is 5.91 Å². The maximum Gasteiger partial charge on any atom is 0.343 e. The monoisotopic (exact) mass is 241 g/mol. The summed E-state index contributed by atoms with van der Waals surface area (Å²) in [7, 11) is 0. The number of nitrogens with zero attached hydrogens (tertiary/aromatic N) is 1. The summed E-state index contributed by atoms with van der Waals surface area (Å²) in [5.41, 5.74) is -1.68. The molecule has 2 rings (SSSR count). The number of rotatable bonds is 2. The highest BCUT2D eigenvalue weighted by Gasteiger charge is 2.47. The maximum atomic E-state index is 13.8. The van der Waals surface area contributed by atoms with Crippen LogP contribution in [-0.2, 0) is 4.79 Å². The van der Waals surface area contributed by atoms with Gasteiger partial charge in [0.05, 0.1) is 12.8 Å². The van der Waals surface area contributed by atoms with Crippen LogP contribution in [0.25, 0.3) is 0 Å². The average Bonchev–Trinajstić information content (AvgIpc) is 2.85. The van der Waals surface area contributed by atoms with Gasteiger partial charge in [-0.15, -0.1) is 0 Å². The first kappa shape index (κ1) is 11.6. The molecular formula is C11H12FNO4. The van der Waals surface area contributed by atoms with Crippen molar-refractivity contribution in [1.82, 2.24) is 4.90 Å². The molecule has 17 heavy (non-hydrogen) atoms. The molecule has 1 fully saturated rings. The number of amides is 1. The van der Waals surface area contributed by atoms with Crippen LogP contribution in [-0.4, -0.2) is 40.6 Å². The van der Waals surface area contributed by atoms with Crippen molar-refractivity contribution in [3.63, 3.8) is 0 Å². The Bertz CT molecular complexity index is 470. The fraction of sp³-hybridized carbons (Fsp3) is 0.455. The predicted molar refractivity (Wildman–Crippen MR) is 55.4 cm³/mol. The first-order valence-electron chi connectivity index (χ1n) is 5.20. The lowest BCUT2D eigenvalue weighted by Crippen LogP contribution is -2.38. The fourth-order valence-electron chi connectivity index (χ4n) is 1.86. The van der Waals surface area contributed by atoms with E-state index in [2.05, 4.69) is 0 Å². The Balaban J connectivity index is 2.15. The number of likely N-dealkylation sites (tertiary alicyclic amines) is 1. The first-order valence-corrected chi connectivity index (χ1v) is 5.20. The van der Waals surface area contributed by atoms with Crippen molar-refractivity contribution in [3.8, 4) is 0 Å². The SMILES string of the molecule is Cc1ccoc1C(=O)N1CCC(F)(C(=O)O)C1. The molecule has 0 radical (unpaired) electrons. The van der Waals surface area contributed by atoms with Gasteiger partial charge in [0.1, 0.15) is 0 Å². The van der Waals surface area contributed by atoms with Gasteiger partial charge in [-0.25, -0.2) is 9.18 Å². The van der Waals surface area contributed by atoms with Crippen LogP contribution in [0.3, 0.4) is 0 Å². The molecule has 1 aromatic rings. The summed E-state index contributed by atoms with van der Waals surface area (Å²) < 4.78 is 18.8. The number of carboxylic acid groups (broad SMARTS) is 1. The Kier molecular flexibility index (Phi) is 2.65. The van der Waals surface area contributed by atoms with Crippen LogP contribution in [0.15, 0.2) is 16.7 Å². The van der Waals surface area contributed by atoms with E-state index in [1.54, 1.807) is 13.0 Å². The maximum absolute atomic E-state index is 13.8. The summed E-state index contributed by atoms with van der Waals surface area (Å²) in [6.07, 6.45) is 1.19. The Morgan fingerprint density at radius 1 is 1.59 bits per heavy atom. The Labute approximate surface area is 96.8 Å². The van der Waals surface area contributed by atoms with Gasteiger partial charge in [-0.3, -0.25) is 4.79 Å². The predicted octanol–water partition coefficient (Wildman–Crippen LogP) is 1.23. The molecule has 1 aliphatic rings. The quantitative estimate of drug-likeness (QED) is 0.845. The van der Waals surface area contributed by atoms with Crippen molar-refractivity contribution in [2.24, 2.45) is 0 Å². The highest BCUT2D eigenvalue weighted by Crippen LogP contribution is 2.27. The number of alkyl halides is 1. The zero-order chi connectivity index (χ0) is 12.6. The van der Waals surface area contributed by atoms with Gasteiger partial charge in [0, 0.05) is 18.5 Å². The minimum absolute atomic E-state index is 0.0851. The molecule has 1 saturated heterocycles. The number of hydrogen-bond donors (Lipinski definition) is 1. The third-order valence-electron chi connectivity index (χ3n) is 2.95. The van der Waals surface area contributed by atoms with Gasteiger partial charge in [0.15, 0.2) is 5.76 Å². The lowest BCUT2D eigenvalue weighted by Gasteiger charge is -2.16. The number of carboxylic acids is 1. The summed E-state index contributed by atoms with van der Waals surface area (Å²) in [6, 6.07) is 1.63. The van der Waals surface area contributed by atoms with Gasteiger partial charge in [0.2, 0.25) is 5.67 Å². The van der Waals surface area contributed by atoms with E-state index < -0.39 is 24.1 Å². The Hall–Kier alpha value is -1.85. The fourth-order valence-corrected chi connectivity index (χ4v) is 1.86. The molecule has 1 amide bonds. The highest BCUT2D eigenvalue weighted by atomic mass is 19.1. The van der Waals surface area contributed by atoms with Gasteiger partial charge in [-0.05, 0) is 13.0 Å². The molecule has 0 spiro atoms. The second-order valence-electron chi connectivity index (χ2n) is 4.18. The van der Waals surface area contributed by atoms with Gasteiger partial charge >= 0.3 is 5.97 Å². The van der Waals surface area contributed by atoms with Gasteiger partial charge in [-0.2, -0.15) is 0 Å². The van der Waals surface area contributed by atoms with Crippen molar-refractivity contribution in [3.05, 3.63) is 23.7 Å². The van der Waals surface area contributed by atoms with E-state index in [1.165, 1.54) is 11.2 Å². The molecule has 1 aromatic heterocycles.